The van der Waals surface area contributed by atoms with E-state index in [1.54, 1.807) is 6.07 Å². The highest BCUT2D eigenvalue weighted by Crippen LogP contribution is 2.15. The normalized spacial score (nSPS) is 13.1. The first kappa shape index (κ1) is 14.1. The Morgan fingerprint density at radius 1 is 1.29 bits per heavy atom. The molecule has 0 saturated carbocycles. The molecule has 0 amide bonds. The van der Waals surface area contributed by atoms with Crippen molar-refractivity contribution in [3.63, 3.8) is 0 Å². The zero-order valence-electron chi connectivity index (χ0n) is 11.0. The first-order valence-electron chi connectivity index (χ1n) is 6.24. The van der Waals surface area contributed by atoms with Gasteiger partial charge < -0.3 is 0 Å². The Balaban J connectivity index is 2.63. The van der Waals surface area contributed by atoms with Gasteiger partial charge in [-0.15, -0.1) is 0 Å². The fraction of sp³-hybridized carbons (Fsp3) is 0.571. The van der Waals surface area contributed by atoms with Crippen LogP contribution in [0.3, 0.4) is 0 Å². The van der Waals surface area contributed by atoms with Crippen molar-refractivity contribution >= 4 is 0 Å². The van der Waals surface area contributed by atoms with Crippen LogP contribution in [0.5, 0.6) is 0 Å². The Morgan fingerprint density at radius 3 is 2.59 bits per heavy atom. The molecule has 1 atom stereocenters. The van der Waals surface area contributed by atoms with Crippen LogP contribution in [0, 0.1) is 18.7 Å². The fourth-order valence-corrected chi connectivity index (χ4v) is 1.90. The van der Waals surface area contributed by atoms with Crippen LogP contribution in [0.25, 0.3) is 0 Å². The highest BCUT2D eigenvalue weighted by Gasteiger charge is 2.11. The second-order valence-electron chi connectivity index (χ2n) is 5.11. The van der Waals surface area contributed by atoms with E-state index in [1.807, 2.05) is 13.0 Å². The topological polar surface area (TPSA) is 38.0 Å². The smallest absolute Gasteiger partial charge is 0.123 e. The summed E-state index contributed by atoms with van der Waals surface area (Å²) in [6.45, 7) is 6.40. The Kier molecular flexibility index (Phi) is 5.59. The van der Waals surface area contributed by atoms with Crippen LogP contribution in [0.15, 0.2) is 18.2 Å². The first-order valence-corrected chi connectivity index (χ1v) is 6.24. The number of benzene rings is 1. The summed E-state index contributed by atoms with van der Waals surface area (Å²) < 4.78 is 13.2. The lowest BCUT2D eigenvalue weighted by atomic mass is 9.96. The van der Waals surface area contributed by atoms with Crippen LogP contribution < -0.4 is 11.3 Å². The van der Waals surface area contributed by atoms with E-state index >= 15 is 0 Å². The van der Waals surface area contributed by atoms with Crippen LogP contribution >= 0.6 is 0 Å². The van der Waals surface area contributed by atoms with E-state index in [0.717, 1.165) is 30.4 Å². The first-order chi connectivity index (χ1) is 8.02. The molecule has 0 aliphatic heterocycles. The molecule has 0 heterocycles. The third kappa shape index (κ3) is 4.84. The third-order valence-corrected chi connectivity index (χ3v) is 3.11. The van der Waals surface area contributed by atoms with Gasteiger partial charge in [0.05, 0.1) is 0 Å². The van der Waals surface area contributed by atoms with Gasteiger partial charge >= 0.3 is 0 Å². The van der Waals surface area contributed by atoms with Gasteiger partial charge in [-0.25, -0.2) is 4.39 Å². The minimum Gasteiger partial charge on any atom is -0.271 e. The summed E-state index contributed by atoms with van der Waals surface area (Å²) in [5, 5.41) is 0. The standard InChI is InChI=1S/C14H23FN2/c1-10(2)4-7-14(17-16)9-12-8-13(15)6-5-11(12)3/h5-6,8,10,14,17H,4,7,9,16H2,1-3H3. The zero-order chi connectivity index (χ0) is 12.8. The monoisotopic (exact) mass is 238 g/mol. The SMILES string of the molecule is Cc1ccc(F)cc1CC(CCC(C)C)NN. The van der Waals surface area contributed by atoms with Crippen LogP contribution in [0.2, 0.25) is 0 Å². The van der Waals surface area contributed by atoms with Crippen molar-refractivity contribution in [3.8, 4) is 0 Å². The number of nitrogens with one attached hydrogen (secondary N) is 1. The molecule has 3 N–H and O–H groups in total. The highest BCUT2D eigenvalue weighted by atomic mass is 19.1. The van der Waals surface area contributed by atoms with E-state index in [0.29, 0.717) is 5.92 Å². The molecule has 0 spiro atoms. The number of halogens is 1. The van der Waals surface area contributed by atoms with E-state index in [1.165, 1.54) is 6.07 Å². The molecule has 1 rings (SSSR count). The van der Waals surface area contributed by atoms with Gasteiger partial charge in [0.15, 0.2) is 0 Å². The van der Waals surface area contributed by atoms with Gasteiger partial charge in [0, 0.05) is 6.04 Å². The summed E-state index contributed by atoms with van der Waals surface area (Å²) >= 11 is 0. The van der Waals surface area contributed by atoms with Gasteiger partial charge in [-0.05, 0) is 55.4 Å². The second kappa shape index (κ2) is 6.72. The van der Waals surface area contributed by atoms with Crippen molar-refractivity contribution in [1.82, 2.24) is 5.43 Å². The minimum atomic E-state index is -0.176. The van der Waals surface area contributed by atoms with Gasteiger partial charge in [-0.2, -0.15) is 0 Å². The van der Waals surface area contributed by atoms with Gasteiger partial charge in [0.25, 0.3) is 0 Å². The highest BCUT2D eigenvalue weighted by molar-refractivity contribution is 5.27. The number of aryl methyl sites for hydroxylation is 1. The molecule has 1 unspecified atom stereocenters. The van der Waals surface area contributed by atoms with E-state index in [-0.39, 0.29) is 11.9 Å². The van der Waals surface area contributed by atoms with Crippen molar-refractivity contribution in [2.24, 2.45) is 11.8 Å². The predicted octanol–water partition coefficient (Wildman–Crippen LogP) is 2.94. The lowest BCUT2D eigenvalue weighted by molar-refractivity contribution is 0.433. The summed E-state index contributed by atoms with van der Waals surface area (Å²) in [6.07, 6.45) is 2.93. The molecule has 96 valence electrons. The van der Waals surface area contributed by atoms with Crippen LogP contribution in [-0.2, 0) is 6.42 Å². The number of nitrogens with two attached hydrogens (primary N) is 1. The molecule has 2 nitrogen and oxygen atoms in total. The van der Waals surface area contributed by atoms with Crippen LogP contribution in [-0.4, -0.2) is 6.04 Å². The van der Waals surface area contributed by atoms with Gasteiger partial charge in [-0.1, -0.05) is 19.9 Å². The van der Waals surface area contributed by atoms with Gasteiger partial charge in [0.2, 0.25) is 0 Å². The lowest BCUT2D eigenvalue weighted by Crippen LogP contribution is -2.37. The Hall–Kier alpha value is -0.930. The van der Waals surface area contributed by atoms with Crippen molar-refractivity contribution < 1.29 is 4.39 Å². The summed E-state index contributed by atoms with van der Waals surface area (Å²) in [7, 11) is 0. The number of hydrazine groups is 1. The molecule has 17 heavy (non-hydrogen) atoms. The Labute approximate surface area is 103 Å². The largest absolute Gasteiger partial charge is 0.271 e. The lowest BCUT2D eigenvalue weighted by Gasteiger charge is -2.18. The summed E-state index contributed by atoms with van der Waals surface area (Å²) in [5.74, 6) is 6.04. The molecule has 0 aromatic heterocycles. The van der Waals surface area contributed by atoms with Gasteiger partial charge in [-0.3, -0.25) is 11.3 Å². The maximum atomic E-state index is 13.2. The molecule has 3 heteroatoms. The summed E-state index contributed by atoms with van der Waals surface area (Å²) in [5.41, 5.74) is 4.99. The second-order valence-corrected chi connectivity index (χ2v) is 5.11. The predicted molar refractivity (Wildman–Crippen MR) is 70.0 cm³/mol. The van der Waals surface area contributed by atoms with Crippen molar-refractivity contribution in [3.05, 3.63) is 35.1 Å². The van der Waals surface area contributed by atoms with E-state index < -0.39 is 0 Å². The van der Waals surface area contributed by atoms with Crippen molar-refractivity contribution in [2.75, 3.05) is 0 Å². The van der Waals surface area contributed by atoms with E-state index in [9.17, 15) is 4.39 Å². The molecule has 0 bridgehead atoms. The molecule has 0 aliphatic rings. The number of hydrogen-bond donors (Lipinski definition) is 2. The fourth-order valence-electron chi connectivity index (χ4n) is 1.90. The molecule has 0 aliphatic carbocycles. The zero-order valence-corrected chi connectivity index (χ0v) is 11.0. The van der Waals surface area contributed by atoms with Crippen molar-refractivity contribution in [1.29, 1.82) is 0 Å². The third-order valence-electron chi connectivity index (χ3n) is 3.11. The maximum absolute atomic E-state index is 13.2. The molecular formula is C14H23FN2. The quantitative estimate of drug-likeness (QED) is 0.590. The molecular weight excluding hydrogens is 215 g/mol. The van der Waals surface area contributed by atoms with Gasteiger partial charge in [0.1, 0.15) is 5.82 Å². The molecule has 1 aromatic rings. The van der Waals surface area contributed by atoms with E-state index in [2.05, 4.69) is 19.3 Å². The molecule has 0 fully saturated rings. The van der Waals surface area contributed by atoms with Crippen LogP contribution in [0.1, 0.15) is 37.8 Å². The maximum Gasteiger partial charge on any atom is 0.123 e. The molecule has 1 aromatic carbocycles. The Morgan fingerprint density at radius 2 is 2.00 bits per heavy atom. The minimum absolute atomic E-state index is 0.176. The van der Waals surface area contributed by atoms with E-state index in [4.69, 9.17) is 5.84 Å². The van der Waals surface area contributed by atoms with Crippen LogP contribution in [0.4, 0.5) is 4.39 Å². The summed E-state index contributed by atoms with van der Waals surface area (Å²) in [6, 6.07) is 5.14. The van der Waals surface area contributed by atoms with Crippen molar-refractivity contribution in [2.45, 2.75) is 46.1 Å². The number of rotatable bonds is 6. The Bertz CT molecular complexity index is 350. The summed E-state index contributed by atoms with van der Waals surface area (Å²) in [4.78, 5) is 0. The molecule has 0 saturated heterocycles. The molecule has 0 radical (unpaired) electrons. The average Bonchev–Trinajstić information content (AvgIpc) is 2.28. The number of hydrogen-bond acceptors (Lipinski definition) is 2. The average molecular weight is 238 g/mol.